The second-order valence-corrected chi connectivity index (χ2v) is 9.16. The van der Waals surface area contributed by atoms with Gasteiger partial charge in [-0.15, -0.1) is 0 Å². The van der Waals surface area contributed by atoms with Crippen LogP contribution in [0.25, 0.3) is 0 Å². The van der Waals surface area contributed by atoms with Gasteiger partial charge in [0.15, 0.2) is 0 Å². The van der Waals surface area contributed by atoms with Crippen LogP contribution in [0, 0.1) is 19.8 Å². The molecule has 3 rings (SSSR count). The van der Waals surface area contributed by atoms with Crippen LogP contribution in [-0.4, -0.2) is 27.5 Å². The SMILES string of the molecule is CCC1(c2ccc(NC(=O)CCc3c(C)nn(CC(C)C)c3C)cc2)CCC(=O)NC1=O. The van der Waals surface area contributed by atoms with Crippen molar-refractivity contribution in [2.24, 2.45) is 5.92 Å². The van der Waals surface area contributed by atoms with Gasteiger partial charge in [0.25, 0.3) is 0 Å². The van der Waals surface area contributed by atoms with E-state index in [0.717, 1.165) is 29.1 Å². The summed E-state index contributed by atoms with van der Waals surface area (Å²) >= 11 is 0. The minimum absolute atomic E-state index is 0.0561. The van der Waals surface area contributed by atoms with Crippen LogP contribution in [0.3, 0.4) is 0 Å². The predicted molar refractivity (Wildman–Crippen MR) is 124 cm³/mol. The number of carbonyl (C=O) groups is 3. The lowest BCUT2D eigenvalue weighted by molar-refractivity contribution is -0.138. The topological polar surface area (TPSA) is 93.1 Å². The Morgan fingerprint density at radius 1 is 1.22 bits per heavy atom. The van der Waals surface area contributed by atoms with Gasteiger partial charge in [0.05, 0.1) is 11.1 Å². The molecular weight excluding hydrogens is 404 g/mol. The molecule has 1 aromatic carbocycles. The number of benzene rings is 1. The van der Waals surface area contributed by atoms with Gasteiger partial charge < -0.3 is 5.32 Å². The molecule has 0 saturated carbocycles. The van der Waals surface area contributed by atoms with Crippen LogP contribution in [0.15, 0.2) is 24.3 Å². The largest absolute Gasteiger partial charge is 0.326 e. The van der Waals surface area contributed by atoms with Crippen LogP contribution in [-0.2, 0) is 32.8 Å². The molecule has 1 aliphatic rings. The molecule has 7 nitrogen and oxygen atoms in total. The number of nitrogens with one attached hydrogen (secondary N) is 2. The van der Waals surface area contributed by atoms with Crippen molar-refractivity contribution in [2.75, 3.05) is 5.32 Å². The average Bonchev–Trinajstić information content (AvgIpc) is 2.99. The molecule has 1 saturated heterocycles. The van der Waals surface area contributed by atoms with Crippen molar-refractivity contribution in [1.29, 1.82) is 0 Å². The Morgan fingerprint density at radius 2 is 1.91 bits per heavy atom. The van der Waals surface area contributed by atoms with E-state index < -0.39 is 5.41 Å². The van der Waals surface area contributed by atoms with Gasteiger partial charge in [-0.25, -0.2) is 0 Å². The number of aryl methyl sites for hydroxylation is 1. The van der Waals surface area contributed by atoms with E-state index in [0.29, 0.717) is 43.7 Å². The molecule has 0 aliphatic carbocycles. The molecule has 2 heterocycles. The summed E-state index contributed by atoms with van der Waals surface area (Å²) < 4.78 is 2.03. The molecule has 32 heavy (non-hydrogen) atoms. The first-order valence-corrected chi connectivity index (χ1v) is 11.4. The van der Waals surface area contributed by atoms with E-state index in [1.165, 1.54) is 0 Å². The maximum atomic E-state index is 12.5. The Kier molecular flexibility index (Phi) is 7.16. The third-order valence-corrected chi connectivity index (χ3v) is 6.46. The Morgan fingerprint density at radius 3 is 2.50 bits per heavy atom. The van der Waals surface area contributed by atoms with Crippen molar-refractivity contribution in [3.05, 3.63) is 46.8 Å². The van der Waals surface area contributed by atoms with Gasteiger partial charge >= 0.3 is 0 Å². The third-order valence-electron chi connectivity index (χ3n) is 6.46. The second kappa shape index (κ2) is 9.67. The van der Waals surface area contributed by atoms with Crippen LogP contribution in [0.2, 0.25) is 0 Å². The molecule has 2 aromatic rings. The monoisotopic (exact) mass is 438 g/mol. The van der Waals surface area contributed by atoms with E-state index in [1.807, 2.05) is 42.8 Å². The molecule has 1 unspecified atom stereocenters. The number of rotatable bonds is 8. The van der Waals surface area contributed by atoms with Crippen LogP contribution in [0.5, 0.6) is 0 Å². The zero-order valence-corrected chi connectivity index (χ0v) is 19.7. The van der Waals surface area contributed by atoms with E-state index in [-0.39, 0.29) is 17.7 Å². The van der Waals surface area contributed by atoms with Crippen molar-refractivity contribution < 1.29 is 14.4 Å². The Hall–Kier alpha value is -2.96. The van der Waals surface area contributed by atoms with E-state index >= 15 is 0 Å². The third kappa shape index (κ3) is 4.92. The van der Waals surface area contributed by atoms with Gasteiger partial charge in [0.1, 0.15) is 0 Å². The standard InChI is InChI=1S/C25H34N4O3/c1-6-25(14-13-23(31)27-24(25)32)19-7-9-20(10-8-19)26-22(30)12-11-21-17(4)28-29(18(21)5)15-16(2)3/h7-10,16H,6,11-15H2,1-5H3,(H,26,30)(H,27,31,32). The van der Waals surface area contributed by atoms with E-state index in [2.05, 4.69) is 36.5 Å². The number of aromatic nitrogens is 2. The fourth-order valence-corrected chi connectivity index (χ4v) is 4.52. The molecule has 1 fully saturated rings. The lowest BCUT2D eigenvalue weighted by Gasteiger charge is -2.35. The highest BCUT2D eigenvalue weighted by Crippen LogP contribution is 2.36. The Balaban J connectivity index is 1.63. The number of hydrogen-bond acceptors (Lipinski definition) is 4. The fourth-order valence-electron chi connectivity index (χ4n) is 4.52. The summed E-state index contributed by atoms with van der Waals surface area (Å²) in [6.45, 7) is 11.2. The van der Waals surface area contributed by atoms with Crippen LogP contribution in [0.1, 0.15) is 69.0 Å². The summed E-state index contributed by atoms with van der Waals surface area (Å²) in [5, 5.41) is 10.0. The summed E-state index contributed by atoms with van der Waals surface area (Å²) in [6.07, 6.45) is 2.47. The number of nitrogens with zero attached hydrogens (tertiary/aromatic N) is 2. The smallest absolute Gasteiger partial charge is 0.237 e. The van der Waals surface area contributed by atoms with Crippen LogP contribution < -0.4 is 10.6 Å². The molecule has 1 aromatic heterocycles. The molecule has 0 radical (unpaired) electrons. The minimum atomic E-state index is -0.693. The summed E-state index contributed by atoms with van der Waals surface area (Å²) in [6, 6.07) is 7.40. The Labute approximate surface area is 190 Å². The summed E-state index contributed by atoms with van der Waals surface area (Å²) in [5.41, 5.74) is 4.12. The van der Waals surface area contributed by atoms with Crippen molar-refractivity contribution in [3.63, 3.8) is 0 Å². The molecule has 0 spiro atoms. The summed E-state index contributed by atoms with van der Waals surface area (Å²) in [7, 11) is 0. The fraction of sp³-hybridized carbons (Fsp3) is 0.520. The maximum Gasteiger partial charge on any atom is 0.237 e. The summed E-state index contributed by atoms with van der Waals surface area (Å²) in [4.78, 5) is 36.6. The van der Waals surface area contributed by atoms with E-state index in [4.69, 9.17) is 0 Å². The average molecular weight is 439 g/mol. The van der Waals surface area contributed by atoms with Gasteiger partial charge in [-0.1, -0.05) is 32.9 Å². The first-order chi connectivity index (χ1) is 15.2. The van der Waals surface area contributed by atoms with E-state index in [1.54, 1.807) is 0 Å². The Bertz CT molecular complexity index is 1010. The number of imide groups is 1. The number of anilines is 1. The molecular formula is C25H34N4O3. The second-order valence-electron chi connectivity index (χ2n) is 9.16. The number of hydrogen-bond donors (Lipinski definition) is 2. The van der Waals surface area contributed by atoms with Gasteiger partial charge in [-0.2, -0.15) is 5.10 Å². The molecule has 2 N–H and O–H groups in total. The highest BCUT2D eigenvalue weighted by atomic mass is 16.2. The molecule has 1 atom stereocenters. The number of piperidine rings is 1. The van der Waals surface area contributed by atoms with Crippen molar-refractivity contribution in [1.82, 2.24) is 15.1 Å². The maximum absolute atomic E-state index is 12.5. The lowest BCUT2D eigenvalue weighted by atomic mass is 9.72. The van der Waals surface area contributed by atoms with Gasteiger partial charge in [-0.3, -0.25) is 24.4 Å². The highest BCUT2D eigenvalue weighted by Gasteiger charge is 2.42. The van der Waals surface area contributed by atoms with Crippen LogP contribution >= 0.6 is 0 Å². The van der Waals surface area contributed by atoms with Gasteiger partial charge in [0, 0.05) is 30.8 Å². The zero-order chi connectivity index (χ0) is 23.5. The lowest BCUT2D eigenvalue weighted by Crippen LogP contribution is -2.51. The molecule has 0 bridgehead atoms. The van der Waals surface area contributed by atoms with Gasteiger partial charge in [-0.05, 0) is 62.3 Å². The first kappa shape index (κ1) is 23.7. The van der Waals surface area contributed by atoms with Crippen molar-refractivity contribution >= 4 is 23.4 Å². The van der Waals surface area contributed by atoms with Crippen LogP contribution in [0.4, 0.5) is 5.69 Å². The quantitative estimate of drug-likeness (QED) is 0.613. The molecule has 172 valence electrons. The van der Waals surface area contributed by atoms with Crippen molar-refractivity contribution in [2.45, 2.75) is 78.7 Å². The number of amides is 3. The number of carbonyl (C=O) groups excluding carboxylic acids is 3. The molecule has 3 amide bonds. The highest BCUT2D eigenvalue weighted by molar-refractivity contribution is 6.03. The van der Waals surface area contributed by atoms with Crippen molar-refractivity contribution in [3.8, 4) is 0 Å². The summed E-state index contributed by atoms with van der Waals surface area (Å²) in [5.74, 6) is -0.00141. The normalized spacial score (nSPS) is 18.7. The first-order valence-electron chi connectivity index (χ1n) is 11.4. The minimum Gasteiger partial charge on any atom is -0.326 e. The molecule has 1 aliphatic heterocycles. The predicted octanol–water partition coefficient (Wildman–Crippen LogP) is 3.81. The zero-order valence-electron chi connectivity index (χ0n) is 19.7. The van der Waals surface area contributed by atoms with Gasteiger partial charge in [0.2, 0.25) is 17.7 Å². The van der Waals surface area contributed by atoms with E-state index in [9.17, 15) is 14.4 Å². The molecule has 7 heteroatoms.